The second-order valence-electron chi connectivity index (χ2n) is 12.2. The van der Waals surface area contributed by atoms with Gasteiger partial charge in [0, 0.05) is 19.7 Å². The van der Waals surface area contributed by atoms with Crippen LogP contribution >= 0.6 is 0 Å². The topological polar surface area (TPSA) is 41.5 Å². The normalized spacial score (nSPS) is 44.4. The first-order chi connectivity index (χ1) is 15.4. The molecule has 0 spiro atoms. The van der Waals surface area contributed by atoms with E-state index in [-0.39, 0.29) is 0 Å². The van der Waals surface area contributed by atoms with Crippen LogP contribution in [0.3, 0.4) is 0 Å². The Hall–Kier alpha value is -0.900. The highest BCUT2D eigenvalue weighted by atomic mass is 16.5. The van der Waals surface area contributed by atoms with E-state index in [4.69, 9.17) is 4.74 Å². The lowest BCUT2D eigenvalue weighted by Gasteiger charge is -2.57. The summed E-state index contributed by atoms with van der Waals surface area (Å²) in [6.45, 7) is 6.60. The van der Waals surface area contributed by atoms with Crippen molar-refractivity contribution in [2.45, 2.75) is 89.8 Å². The van der Waals surface area contributed by atoms with Gasteiger partial charge in [-0.3, -0.25) is 0 Å². The molecule has 5 rings (SSSR count). The van der Waals surface area contributed by atoms with E-state index >= 15 is 0 Å². The third kappa shape index (κ3) is 4.07. The number of rotatable bonds is 6. The smallest absolute Gasteiger partial charge is 0.0882 e. The lowest BCUT2D eigenvalue weighted by Crippen LogP contribution is -2.53. The van der Waals surface area contributed by atoms with Gasteiger partial charge in [0.25, 0.3) is 0 Å². The van der Waals surface area contributed by atoms with Gasteiger partial charge in [0.2, 0.25) is 0 Å². The molecule has 4 aliphatic carbocycles. The first kappa shape index (κ1) is 22.9. The Kier molecular flexibility index (Phi) is 6.46. The van der Waals surface area contributed by atoms with Crippen LogP contribution in [0.25, 0.3) is 0 Å². The van der Waals surface area contributed by atoms with Crippen LogP contribution in [0.5, 0.6) is 0 Å². The summed E-state index contributed by atoms with van der Waals surface area (Å²) in [6, 6.07) is 11.5. The van der Waals surface area contributed by atoms with E-state index in [1.165, 1.54) is 50.5 Å². The minimum absolute atomic E-state index is 0.503. The Labute approximate surface area is 195 Å². The van der Waals surface area contributed by atoms with E-state index in [1.54, 1.807) is 7.11 Å². The van der Waals surface area contributed by atoms with Gasteiger partial charge in [0.15, 0.2) is 0 Å². The number of ether oxygens (including phenoxy) is 1. The lowest BCUT2D eigenvalue weighted by atomic mass is 9.48. The zero-order chi connectivity index (χ0) is 22.3. The molecule has 32 heavy (non-hydrogen) atoms. The molecule has 0 aliphatic heterocycles. The molecule has 0 radical (unpaired) electrons. The van der Waals surface area contributed by atoms with Crippen molar-refractivity contribution in [3.8, 4) is 0 Å². The Balaban J connectivity index is 1.24. The average molecular weight is 440 g/mol. The quantitative estimate of drug-likeness (QED) is 0.588. The third-order valence-electron chi connectivity index (χ3n) is 10.7. The van der Waals surface area contributed by atoms with Gasteiger partial charge in [-0.1, -0.05) is 37.3 Å². The van der Waals surface area contributed by atoms with Crippen molar-refractivity contribution in [1.29, 1.82) is 0 Å². The van der Waals surface area contributed by atoms with E-state index < -0.39 is 5.60 Å². The molecule has 1 aromatic carbocycles. The maximum Gasteiger partial charge on any atom is 0.0882 e. The first-order valence-corrected chi connectivity index (χ1v) is 13.4. The van der Waals surface area contributed by atoms with Crippen LogP contribution in [0.15, 0.2) is 30.3 Å². The molecule has 4 fully saturated rings. The molecule has 3 nitrogen and oxygen atoms in total. The summed E-state index contributed by atoms with van der Waals surface area (Å²) in [5.74, 6) is 5.11. The molecule has 2 N–H and O–H groups in total. The second-order valence-corrected chi connectivity index (χ2v) is 12.2. The monoisotopic (exact) mass is 439 g/mol. The van der Waals surface area contributed by atoms with Crippen molar-refractivity contribution < 1.29 is 9.84 Å². The van der Waals surface area contributed by atoms with Crippen LogP contribution in [-0.4, -0.2) is 30.5 Å². The molecule has 1 unspecified atom stereocenters. The van der Waals surface area contributed by atoms with Gasteiger partial charge in [-0.05, 0) is 111 Å². The van der Waals surface area contributed by atoms with Crippen LogP contribution < -0.4 is 5.32 Å². The second kappa shape index (κ2) is 9.04. The molecule has 0 saturated heterocycles. The summed E-state index contributed by atoms with van der Waals surface area (Å²) in [5, 5.41) is 14.9. The summed E-state index contributed by atoms with van der Waals surface area (Å²) in [6.07, 6.45) is 11.5. The van der Waals surface area contributed by atoms with Gasteiger partial charge in [-0.2, -0.15) is 0 Å². The highest BCUT2D eigenvalue weighted by Crippen LogP contribution is 2.65. The minimum atomic E-state index is -0.565. The van der Waals surface area contributed by atoms with Crippen LogP contribution in [-0.2, 0) is 11.3 Å². The SMILES string of the molecule is COC[C@@]1(O)CC[C@H]2[C@H](CC[C@@H]3[C@@H]2CC[C@]2(C)[C@@H](C(C)NCc4ccccc4)CC[C@@H]32)C1. The maximum atomic E-state index is 11.0. The molecule has 0 aromatic heterocycles. The van der Waals surface area contributed by atoms with Crippen molar-refractivity contribution in [3.05, 3.63) is 35.9 Å². The fraction of sp³-hybridized carbons (Fsp3) is 0.793. The molecule has 3 heteroatoms. The molecule has 0 heterocycles. The number of methoxy groups -OCH3 is 1. The molecular formula is C29H45NO2. The van der Waals surface area contributed by atoms with Gasteiger partial charge in [0.05, 0.1) is 12.2 Å². The van der Waals surface area contributed by atoms with E-state index in [2.05, 4.69) is 49.5 Å². The summed E-state index contributed by atoms with van der Waals surface area (Å²) < 4.78 is 5.37. The van der Waals surface area contributed by atoms with Crippen LogP contribution in [0.4, 0.5) is 0 Å². The number of benzene rings is 1. The van der Waals surface area contributed by atoms with Gasteiger partial charge >= 0.3 is 0 Å². The summed E-state index contributed by atoms with van der Waals surface area (Å²) in [4.78, 5) is 0. The van der Waals surface area contributed by atoms with Crippen molar-refractivity contribution in [2.24, 2.45) is 40.9 Å². The Morgan fingerprint density at radius 2 is 1.78 bits per heavy atom. The van der Waals surface area contributed by atoms with E-state index in [1.807, 2.05) is 0 Å². The predicted molar refractivity (Wildman–Crippen MR) is 130 cm³/mol. The van der Waals surface area contributed by atoms with E-state index in [0.717, 1.165) is 54.9 Å². The molecule has 0 amide bonds. The van der Waals surface area contributed by atoms with Crippen molar-refractivity contribution in [2.75, 3.05) is 13.7 Å². The standard InChI is InChI=1S/C29H45NO2/c1-20(30-18-21-7-5-4-6-8-21)26-11-12-27-25-10-9-22-17-29(31,19-32-3)16-14-23(22)24(25)13-15-28(26,27)2/h4-8,20,22-27,30-31H,9-19H2,1-3H3/t20?,22-,23+,24-,25-,26-,27+,28-,29-/m1/s1. The van der Waals surface area contributed by atoms with Gasteiger partial charge < -0.3 is 15.2 Å². The Morgan fingerprint density at radius 1 is 1.00 bits per heavy atom. The molecular weight excluding hydrogens is 394 g/mol. The number of nitrogens with one attached hydrogen (secondary N) is 1. The highest BCUT2D eigenvalue weighted by molar-refractivity contribution is 5.15. The molecule has 0 bridgehead atoms. The van der Waals surface area contributed by atoms with Crippen LogP contribution in [0.2, 0.25) is 0 Å². The largest absolute Gasteiger partial charge is 0.387 e. The minimum Gasteiger partial charge on any atom is -0.387 e. The number of fused-ring (bicyclic) bond motifs is 5. The number of aliphatic hydroxyl groups is 1. The van der Waals surface area contributed by atoms with Crippen LogP contribution in [0, 0.1) is 40.9 Å². The average Bonchev–Trinajstić information content (AvgIpc) is 3.15. The van der Waals surface area contributed by atoms with Gasteiger partial charge in [0.1, 0.15) is 0 Å². The fourth-order valence-electron chi connectivity index (χ4n) is 9.24. The van der Waals surface area contributed by atoms with E-state index in [0.29, 0.717) is 18.1 Å². The highest BCUT2D eigenvalue weighted by Gasteiger charge is 2.58. The Morgan fingerprint density at radius 3 is 2.56 bits per heavy atom. The zero-order valence-electron chi connectivity index (χ0n) is 20.6. The molecule has 4 saturated carbocycles. The number of hydrogen-bond donors (Lipinski definition) is 2. The molecule has 4 aliphatic rings. The summed E-state index contributed by atoms with van der Waals surface area (Å²) in [7, 11) is 1.73. The predicted octanol–water partition coefficient (Wildman–Crippen LogP) is 5.81. The zero-order valence-corrected chi connectivity index (χ0v) is 20.6. The van der Waals surface area contributed by atoms with Gasteiger partial charge in [-0.25, -0.2) is 0 Å². The van der Waals surface area contributed by atoms with Crippen LogP contribution in [0.1, 0.15) is 77.2 Å². The number of hydrogen-bond acceptors (Lipinski definition) is 3. The maximum absolute atomic E-state index is 11.0. The first-order valence-electron chi connectivity index (χ1n) is 13.4. The van der Waals surface area contributed by atoms with Crippen molar-refractivity contribution in [1.82, 2.24) is 5.32 Å². The lowest BCUT2D eigenvalue weighted by molar-refractivity contribution is -0.125. The summed E-state index contributed by atoms with van der Waals surface area (Å²) >= 11 is 0. The Bertz CT molecular complexity index is 768. The molecule has 178 valence electrons. The fourth-order valence-corrected chi connectivity index (χ4v) is 9.24. The van der Waals surface area contributed by atoms with Crippen molar-refractivity contribution >= 4 is 0 Å². The molecule has 9 atom stereocenters. The third-order valence-corrected chi connectivity index (χ3v) is 10.7. The molecule has 1 aromatic rings. The van der Waals surface area contributed by atoms with E-state index in [9.17, 15) is 5.11 Å². The van der Waals surface area contributed by atoms with Gasteiger partial charge in [-0.15, -0.1) is 0 Å². The summed E-state index contributed by atoms with van der Waals surface area (Å²) in [5.41, 5.74) is 1.33. The van der Waals surface area contributed by atoms with Crippen molar-refractivity contribution in [3.63, 3.8) is 0 Å².